The van der Waals surface area contributed by atoms with E-state index in [9.17, 15) is 9.59 Å². The van der Waals surface area contributed by atoms with E-state index in [1.807, 2.05) is 33.8 Å². The van der Waals surface area contributed by atoms with Crippen LogP contribution in [0.4, 0.5) is 4.79 Å². The van der Waals surface area contributed by atoms with Crippen molar-refractivity contribution in [1.29, 1.82) is 0 Å². The molecule has 0 atom stereocenters. The molecule has 1 aromatic carbocycles. The van der Waals surface area contributed by atoms with Crippen LogP contribution < -0.4 is 5.32 Å². The second kappa shape index (κ2) is 8.03. The van der Waals surface area contributed by atoms with Gasteiger partial charge in [-0.1, -0.05) is 13.8 Å². The van der Waals surface area contributed by atoms with Gasteiger partial charge in [0.2, 0.25) is 0 Å². The molecule has 0 saturated carbocycles. The van der Waals surface area contributed by atoms with Gasteiger partial charge in [-0.3, -0.25) is 0 Å². The van der Waals surface area contributed by atoms with Crippen LogP contribution in [0.25, 0.3) is 10.9 Å². The van der Waals surface area contributed by atoms with Crippen molar-refractivity contribution in [3.05, 3.63) is 34.5 Å². The minimum absolute atomic E-state index is 0.290. The van der Waals surface area contributed by atoms with Gasteiger partial charge in [-0.15, -0.1) is 0 Å². The molecule has 0 unspecified atom stereocenters. The molecule has 27 heavy (non-hydrogen) atoms. The van der Waals surface area contributed by atoms with E-state index in [1.54, 1.807) is 0 Å². The number of fused-ring (bicyclic) bond motifs is 1. The van der Waals surface area contributed by atoms with E-state index in [0.29, 0.717) is 24.4 Å². The molecule has 0 aliphatic heterocycles. The minimum atomic E-state index is -0.524. The number of alkyl carbamates (subject to hydrolysis) is 1. The summed E-state index contributed by atoms with van der Waals surface area (Å²) >= 11 is 0. The van der Waals surface area contributed by atoms with Crippen LogP contribution in [0.2, 0.25) is 0 Å². The lowest BCUT2D eigenvalue weighted by Gasteiger charge is -2.19. The van der Waals surface area contributed by atoms with E-state index in [-0.39, 0.29) is 5.97 Å². The highest BCUT2D eigenvalue weighted by molar-refractivity contribution is 6.06. The monoisotopic (exact) mass is 374 g/mol. The Hall–Kier alpha value is -2.50. The first-order chi connectivity index (χ1) is 12.5. The molecule has 148 valence electrons. The number of rotatable bonds is 5. The number of esters is 1. The molecule has 6 nitrogen and oxygen atoms in total. The molecule has 0 aliphatic carbocycles. The summed E-state index contributed by atoms with van der Waals surface area (Å²) in [6.07, 6.45) is 0.172. The van der Waals surface area contributed by atoms with E-state index in [2.05, 4.69) is 30.2 Å². The summed E-state index contributed by atoms with van der Waals surface area (Å²) in [7, 11) is 1.39. The van der Waals surface area contributed by atoms with Gasteiger partial charge in [-0.05, 0) is 56.9 Å². The number of aromatic amines is 1. The highest BCUT2D eigenvalue weighted by Crippen LogP contribution is 2.30. The standard InChI is InChI=1S/C21H30N2O4/c1-12(2)14-10-15(19(24)26-7)18-13(3)16(23-17(18)11-14)8-9-22-20(25)27-21(4,5)6/h10-12,23H,8-9H2,1-7H3,(H,22,25). The summed E-state index contributed by atoms with van der Waals surface area (Å²) in [6.45, 7) is 12.1. The van der Waals surface area contributed by atoms with Gasteiger partial charge < -0.3 is 19.8 Å². The molecule has 0 aliphatic rings. The van der Waals surface area contributed by atoms with Crippen LogP contribution in [-0.4, -0.2) is 36.3 Å². The molecule has 1 amide bonds. The third-order valence-electron chi connectivity index (χ3n) is 4.39. The average molecular weight is 374 g/mol. The Labute approximate surface area is 160 Å². The quantitative estimate of drug-likeness (QED) is 0.758. The molecule has 0 spiro atoms. The maximum absolute atomic E-state index is 12.3. The lowest BCUT2D eigenvalue weighted by atomic mass is 9.96. The predicted octanol–water partition coefficient (Wildman–Crippen LogP) is 4.45. The molecule has 1 aromatic heterocycles. The second-order valence-electron chi connectivity index (χ2n) is 8.04. The number of amides is 1. The fourth-order valence-electron chi connectivity index (χ4n) is 3.03. The van der Waals surface area contributed by atoms with Gasteiger partial charge in [0.1, 0.15) is 5.60 Å². The van der Waals surface area contributed by atoms with Crippen LogP contribution >= 0.6 is 0 Å². The SMILES string of the molecule is COC(=O)c1cc(C(C)C)cc2[nH]c(CCNC(=O)OC(C)(C)C)c(C)c12. The van der Waals surface area contributed by atoms with Crippen molar-refractivity contribution in [3.63, 3.8) is 0 Å². The number of hydrogen-bond acceptors (Lipinski definition) is 4. The van der Waals surface area contributed by atoms with Gasteiger partial charge in [0.05, 0.1) is 12.7 Å². The largest absolute Gasteiger partial charge is 0.465 e. The lowest BCUT2D eigenvalue weighted by Crippen LogP contribution is -2.33. The molecule has 2 rings (SSSR count). The summed E-state index contributed by atoms with van der Waals surface area (Å²) < 4.78 is 10.2. The van der Waals surface area contributed by atoms with Gasteiger partial charge >= 0.3 is 12.1 Å². The topological polar surface area (TPSA) is 80.4 Å². The van der Waals surface area contributed by atoms with Crippen molar-refractivity contribution in [3.8, 4) is 0 Å². The maximum Gasteiger partial charge on any atom is 0.407 e. The van der Waals surface area contributed by atoms with Gasteiger partial charge in [0, 0.05) is 29.6 Å². The van der Waals surface area contributed by atoms with E-state index in [4.69, 9.17) is 9.47 Å². The van der Waals surface area contributed by atoms with Crippen molar-refractivity contribution in [2.45, 2.75) is 59.5 Å². The minimum Gasteiger partial charge on any atom is -0.465 e. The molecular formula is C21H30N2O4. The summed E-state index contributed by atoms with van der Waals surface area (Å²) in [6, 6.07) is 3.98. The van der Waals surface area contributed by atoms with E-state index >= 15 is 0 Å². The van der Waals surface area contributed by atoms with Gasteiger partial charge in [-0.25, -0.2) is 9.59 Å². The molecule has 2 aromatic rings. The molecular weight excluding hydrogens is 344 g/mol. The Morgan fingerprint density at radius 1 is 1.22 bits per heavy atom. The van der Waals surface area contributed by atoms with Crippen molar-refractivity contribution in [1.82, 2.24) is 10.3 Å². The Morgan fingerprint density at radius 2 is 1.89 bits per heavy atom. The summed E-state index contributed by atoms with van der Waals surface area (Å²) in [5, 5.41) is 3.64. The van der Waals surface area contributed by atoms with E-state index in [0.717, 1.165) is 27.7 Å². The number of ether oxygens (including phenoxy) is 2. The highest BCUT2D eigenvalue weighted by Gasteiger charge is 2.20. The first kappa shape index (κ1) is 20.8. The zero-order valence-corrected chi connectivity index (χ0v) is 17.3. The molecule has 6 heteroatoms. The number of carbonyl (C=O) groups excluding carboxylic acids is 2. The Balaban J connectivity index is 2.27. The van der Waals surface area contributed by atoms with Gasteiger partial charge in [0.25, 0.3) is 0 Å². The Kier molecular flexibility index (Phi) is 6.19. The molecule has 0 fully saturated rings. The number of carbonyl (C=O) groups is 2. The lowest BCUT2D eigenvalue weighted by molar-refractivity contribution is 0.0527. The Bertz CT molecular complexity index is 844. The number of aryl methyl sites for hydroxylation is 1. The van der Waals surface area contributed by atoms with Crippen LogP contribution in [-0.2, 0) is 15.9 Å². The molecule has 0 bridgehead atoms. The zero-order chi connectivity index (χ0) is 20.4. The van der Waals surface area contributed by atoms with Gasteiger partial charge in [-0.2, -0.15) is 0 Å². The normalized spacial score (nSPS) is 11.7. The number of methoxy groups -OCH3 is 1. The Morgan fingerprint density at radius 3 is 2.44 bits per heavy atom. The van der Waals surface area contributed by atoms with Crippen LogP contribution in [0, 0.1) is 6.92 Å². The number of H-pyrrole nitrogens is 1. The fourth-order valence-corrected chi connectivity index (χ4v) is 3.03. The maximum atomic E-state index is 12.3. The smallest absolute Gasteiger partial charge is 0.407 e. The molecule has 2 N–H and O–H groups in total. The zero-order valence-electron chi connectivity index (χ0n) is 17.3. The third kappa shape index (κ3) is 5.02. The fraction of sp³-hybridized carbons (Fsp3) is 0.524. The second-order valence-corrected chi connectivity index (χ2v) is 8.04. The number of aromatic nitrogens is 1. The molecule has 1 heterocycles. The van der Waals surface area contributed by atoms with Crippen molar-refractivity contribution in [2.75, 3.05) is 13.7 Å². The highest BCUT2D eigenvalue weighted by atomic mass is 16.6. The number of benzene rings is 1. The van der Waals surface area contributed by atoms with E-state index in [1.165, 1.54) is 7.11 Å². The van der Waals surface area contributed by atoms with Crippen LogP contribution in [0.3, 0.4) is 0 Å². The van der Waals surface area contributed by atoms with Crippen molar-refractivity contribution < 1.29 is 19.1 Å². The van der Waals surface area contributed by atoms with Crippen molar-refractivity contribution >= 4 is 23.0 Å². The third-order valence-corrected chi connectivity index (χ3v) is 4.39. The predicted molar refractivity (Wildman–Crippen MR) is 106 cm³/mol. The van der Waals surface area contributed by atoms with Crippen LogP contribution in [0.15, 0.2) is 12.1 Å². The van der Waals surface area contributed by atoms with Crippen LogP contribution in [0.1, 0.15) is 67.7 Å². The summed E-state index contributed by atoms with van der Waals surface area (Å²) in [4.78, 5) is 27.5. The van der Waals surface area contributed by atoms with Crippen LogP contribution in [0.5, 0.6) is 0 Å². The molecule has 0 radical (unpaired) electrons. The first-order valence-electron chi connectivity index (χ1n) is 9.23. The average Bonchev–Trinajstić information content (AvgIpc) is 2.87. The van der Waals surface area contributed by atoms with Gasteiger partial charge in [0.15, 0.2) is 0 Å². The number of hydrogen-bond donors (Lipinski definition) is 2. The van der Waals surface area contributed by atoms with E-state index < -0.39 is 11.7 Å². The number of nitrogens with one attached hydrogen (secondary N) is 2. The summed E-state index contributed by atoms with van der Waals surface area (Å²) in [5.41, 5.74) is 4.00. The summed E-state index contributed by atoms with van der Waals surface area (Å²) in [5.74, 6) is -0.0540. The first-order valence-corrected chi connectivity index (χ1v) is 9.23. The van der Waals surface area contributed by atoms with Crippen molar-refractivity contribution in [2.24, 2.45) is 0 Å². The molecule has 0 saturated heterocycles.